The van der Waals surface area contributed by atoms with Crippen LogP contribution in [0.4, 0.5) is 11.7 Å². The van der Waals surface area contributed by atoms with Gasteiger partial charge in [-0.2, -0.15) is 0 Å². The van der Waals surface area contributed by atoms with E-state index in [9.17, 15) is 0 Å². The predicted molar refractivity (Wildman–Crippen MR) is 82.6 cm³/mol. The quantitative estimate of drug-likeness (QED) is 0.936. The van der Waals surface area contributed by atoms with E-state index in [1.165, 1.54) is 11.3 Å². The van der Waals surface area contributed by atoms with Crippen molar-refractivity contribution >= 4 is 11.7 Å². The topological polar surface area (TPSA) is 54.2 Å². The number of fused-ring (bicyclic) bond motifs is 1. The maximum Gasteiger partial charge on any atom is 0.323 e. The van der Waals surface area contributed by atoms with Crippen molar-refractivity contribution in [3.8, 4) is 0 Å². The third-order valence-corrected chi connectivity index (χ3v) is 3.85. The molecule has 1 N–H and O–H groups in total. The Morgan fingerprint density at radius 1 is 1.33 bits per heavy atom. The van der Waals surface area contributed by atoms with Crippen LogP contribution < -0.4 is 10.2 Å². The summed E-state index contributed by atoms with van der Waals surface area (Å²) in [6.45, 7) is 7.00. The monoisotopic (exact) mass is 286 g/mol. The summed E-state index contributed by atoms with van der Waals surface area (Å²) in [7, 11) is 0. The minimum absolute atomic E-state index is 0.367. The first kappa shape index (κ1) is 14.1. The number of anilines is 2. The third kappa shape index (κ3) is 2.93. The zero-order valence-corrected chi connectivity index (χ0v) is 12.8. The Kier molecular flexibility index (Phi) is 3.92. The lowest BCUT2D eigenvalue weighted by Crippen LogP contribution is -2.33. The molecule has 5 heteroatoms. The van der Waals surface area contributed by atoms with E-state index < -0.39 is 0 Å². The molecule has 0 fully saturated rings. The molecule has 5 nitrogen and oxygen atoms in total. The summed E-state index contributed by atoms with van der Waals surface area (Å²) < 4.78 is 5.84. The maximum absolute atomic E-state index is 5.84. The van der Waals surface area contributed by atoms with Crippen LogP contribution in [0.1, 0.15) is 38.6 Å². The van der Waals surface area contributed by atoms with Gasteiger partial charge in [0.2, 0.25) is 5.89 Å². The van der Waals surface area contributed by atoms with Crippen LogP contribution in [-0.4, -0.2) is 22.3 Å². The van der Waals surface area contributed by atoms with Crippen molar-refractivity contribution in [1.82, 2.24) is 15.5 Å². The van der Waals surface area contributed by atoms with Crippen molar-refractivity contribution in [2.24, 2.45) is 0 Å². The van der Waals surface area contributed by atoms with E-state index in [1.54, 1.807) is 0 Å². The second-order valence-corrected chi connectivity index (χ2v) is 5.90. The largest absolute Gasteiger partial charge is 0.406 e. The number of hydrogen-bond donors (Lipinski definition) is 1. The molecule has 0 bridgehead atoms. The molecule has 0 amide bonds. The van der Waals surface area contributed by atoms with Gasteiger partial charge >= 0.3 is 6.01 Å². The molecule has 1 atom stereocenters. The highest BCUT2D eigenvalue weighted by Gasteiger charge is 2.27. The number of aryl methyl sites for hydroxylation is 1. The first-order valence-electron chi connectivity index (χ1n) is 7.58. The fourth-order valence-corrected chi connectivity index (χ4v) is 2.68. The normalized spacial score (nSPS) is 18.1. The molecular formula is C16H22N4O. The number of rotatable bonds is 4. The van der Waals surface area contributed by atoms with Crippen LogP contribution in [0.3, 0.4) is 0 Å². The highest BCUT2D eigenvalue weighted by Crippen LogP contribution is 2.35. The Balaban J connectivity index is 1.86. The number of hydrogen-bond acceptors (Lipinski definition) is 5. The summed E-state index contributed by atoms with van der Waals surface area (Å²) in [4.78, 5) is 2.16. The molecule has 0 saturated carbocycles. The standard InChI is InChI=1S/C16H22N4O/c1-11(2)17-10-15-18-19-16(21-15)20-12(3)8-9-13-6-4-5-7-14(13)20/h4-7,11-12,17H,8-10H2,1-3H3. The molecular weight excluding hydrogens is 264 g/mol. The fourth-order valence-electron chi connectivity index (χ4n) is 2.68. The Bertz CT molecular complexity index is 608. The number of para-hydroxylation sites is 1. The zero-order valence-electron chi connectivity index (χ0n) is 12.8. The summed E-state index contributed by atoms with van der Waals surface area (Å²) in [6.07, 6.45) is 2.20. The SMILES string of the molecule is CC(C)NCc1nnc(N2c3ccccc3CCC2C)o1. The van der Waals surface area contributed by atoms with Crippen LogP contribution in [0.25, 0.3) is 0 Å². The minimum atomic E-state index is 0.367. The van der Waals surface area contributed by atoms with Gasteiger partial charge in [-0.1, -0.05) is 37.1 Å². The third-order valence-electron chi connectivity index (χ3n) is 3.85. The predicted octanol–water partition coefficient (Wildman–Crippen LogP) is 3.04. The summed E-state index contributed by atoms with van der Waals surface area (Å²) in [5.74, 6) is 0.633. The van der Waals surface area contributed by atoms with Crippen LogP contribution in [0.5, 0.6) is 0 Å². The van der Waals surface area contributed by atoms with Gasteiger partial charge in [-0.05, 0) is 31.4 Å². The van der Waals surface area contributed by atoms with Gasteiger partial charge in [0.05, 0.1) is 6.54 Å². The van der Waals surface area contributed by atoms with Gasteiger partial charge in [-0.15, -0.1) is 5.10 Å². The molecule has 1 aromatic heterocycles. The molecule has 1 aromatic carbocycles. The summed E-state index contributed by atoms with van der Waals surface area (Å²) >= 11 is 0. The Hall–Kier alpha value is -1.88. The van der Waals surface area contributed by atoms with Gasteiger partial charge in [-0.3, -0.25) is 4.90 Å². The molecule has 3 rings (SSSR count). The first-order chi connectivity index (χ1) is 10.1. The van der Waals surface area contributed by atoms with Gasteiger partial charge in [0, 0.05) is 17.8 Å². The molecule has 112 valence electrons. The smallest absolute Gasteiger partial charge is 0.323 e. The van der Waals surface area contributed by atoms with Crippen molar-refractivity contribution in [3.63, 3.8) is 0 Å². The van der Waals surface area contributed by atoms with Crippen molar-refractivity contribution in [2.75, 3.05) is 4.90 Å². The molecule has 0 radical (unpaired) electrons. The maximum atomic E-state index is 5.84. The van der Waals surface area contributed by atoms with E-state index in [0.717, 1.165) is 12.8 Å². The number of nitrogens with zero attached hydrogens (tertiary/aromatic N) is 3. The number of aromatic nitrogens is 2. The average Bonchev–Trinajstić information content (AvgIpc) is 2.93. The van der Waals surface area contributed by atoms with Crippen LogP contribution in [-0.2, 0) is 13.0 Å². The molecule has 0 spiro atoms. The van der Waals surface area contributed by atoms with Gasteiger partial charge in [0.25, 0.3) is 0 Å². The Morgan fingerprint density at radius 3 is 2.95 bits per heavy atom. The number of nitrogens with one attached hydrogen (secondary N) is 1. The Labute approximate surface area is 125 Å². The van der Waals surface area contributed by atoms with Crippen LogP contribution in [0.15, 0.2) is 28.7 Å². The van der Waals surface area contributed by atoms with Crippen LogP contribution in [0.2, 0.25) is 0 Å². The Morgan fingerprint density at radius 2 is 2.14 bits per heavy atom. The molecule has 1 aliphatic rings. The average molecular weight is 286 g/mol. The van der Waals surface area contributed by atoms with Crippen LogP contribution >= 0.6 is 0 Å². The highest BCUT2D eigenvalue weighted by molar-refractivity contribution is 5.63. The minimum Gasteiger partial charge on any atom is -0.406 e. The van der Waals surface area contributed by atoms with Gasteiger partial charge in [-0.25, -0.2) is 0 Å². The van der Waals surface area contributed by atoms with E-state index >= 15 is 0 Å². The molecule has 0 saturated heterocycles. The lowest BCUT2D eigenvalue weighted by atomic mass is 9.97. The molecule has 2 heterocycles. The molecule has 21 heavy (non-hydrogen) atoms. The lowest BCUT2D eigenvalue weighted by Gasteiger charge is -2.33. The summed E-state index contributed by atoms with van der Waals surface area (Å²) in [5.41, 5.74) is 2.53. The van der Waals surface area contributed by atoms with Gasteiger partial charge in [0.15, 0.2) is 0 Å². The van der Waals surface area contributed by atoms with Gasteiger partial charge < -0.3 is 9.73 Å². The van der Waals surface area contributed by atoms with Crippen molar-refractivity contribution in [3.05, 3.63) is 35.7 Å². The molecule has 2 aromatic rings. The van der Waals surface area contributed by atoms with E-state index in [-0.39, 0.29) is 0 Å². The lowest BCUT2D eigenvalue weighted by molar-refractivity contribution is 0.441. The first-order valence-corrected chi connectivity index (χ1v) is 7.58. The second-order valence-electron chi connectivity index (χ2n) is 5.90. The highest BCUT2D eigenvalue weighted by atomic mass is 16.4. The zero-order chi connectivity index (χ0) is 14.8. The summed E-state index contributed by atoms with van der Waals surface area (Å²) in [6, 6.07) is 9.80. The van der Waals surface area contributed by atoms with Crippen LogP contribution in [0, 0.1) is 0 Å². The van der Waals surface area contributed by atoms with Crippen molar-refractivity contribution in [2.45, 2.75) is 52.2 Å². The summed E-state index contributed by atoms with van der Waals surface area (Å²) in [5, 5.41) is 11.7. The van der Waals surface area contributed by atoms with E-state index in [4.69, 9.17) is 4.42 Å². The van der Waals surface area contributed by atoms with E-state index in [1.807, 2.05) is 0 Å². The molecule has 0 aliphatic carbocycles. The van der Waals surface area contributed by atoms with Crippen molar-refractivity contribution < 1.29 is 4.42 Å². The fraction of sp³-hybridized carbons (Fsp3) is 0.500. The molecule has 1 aliphatic heterocycles. The van der Waals surface area contributed by atoms with E-state index in [0.29, 0.717) is 30.5 Å². The second kappa shape index (κ2) is 5.85. The molecule has 1 unspecified atom stereocenters. The number of benzene rings is 1. The van der Waals surface area contributed by atoms with Crippen molar-refractivity contribution in [1.29, 1.82) is 0 Å². The van der Waals surface area contributed by atoms with E-state index in [2.05, 4.69) is 65.5 Å². The van der Waals surface area contributed by atoms with Gasteiger partial charge in [0.1, 0.15) is 0 Å².